The Balaban J connectivity index is 1.80. The van der Waals surface area contributed by atoms with Crippen molar-refractivity contribution in [3.8, 4) is 11.1 Å². The van der Waals surface area contributed by atoms with Gasteiger partial charge in [-0.05, 0) is 24.1 Å². The zero-order chi connectivity index (χ0) is 21.7. The Morgan fingerprint density at radius 2 is 1.90 bits per heavy atom. The number of nitrogens with one attached hydrogen (secondary N) is 1. The van der Waals surface area contributed by atoms with Crippen LogP contribution in [0, 0.1) is 0 Å². The zero-order valence-electron chi connectivity index (χ0n) is 15.8. The second-order valence-corrected chi connectivity index (χ2v) is 9.63. The second kappa shape index (κ2) is 7.25. The van der Waals surface area contributed by atoms with Gasteiger partial charge in [-0.2, -0.15) is 23.8 Å². The van der Waals surface area contributed by atoms with Gasteiger partial charge in [0.1, 0.15) is 11.2 Å². The zero-order valence-corrected chi connectivity index (χ0v) is 16.7. The summed E-state index contributed by atoms with van der Waals surface area (Å²) < 4.78 is 59.6. The lowest BCUT2D eigenvalue weighted by Gasteiger charge is -2.26. The van der Waals surface area contributed by atoms with Gasteiger partial charge in [-0.1, -0.05) is 12.1 Å². The fourth-order valence-electron chi connectivity index (χ4n) is 3.50. The van der Waals surface area contributed by atoms with E-state index in [1.807, 2.05) is 0 Å². The van der Waals surface area contributed by atoms with Gasteiger partial charge in [0.15, 0.2) is 0 Å². The Kier molecular flexibility index (Phi) is 4.99. The summed E-state index contributed by atoms with van der Waals surface area (Å²) in [5.41, 5.74) is 0.0414. The summed E-state index contributed by atoms with van der Waals surface area (Å²) in [5.74, 6) is 0.705. The largest absolute Gasteiger partial charge is 0.416 e. The minimum atomic E-state index is -4.45. The molecular formula is C19H19F3N4O3S. The minimum absolute atomic E-state index is 0.164. The van der Waals surface area contributed by atoms with E-state index in [-0.39, 0.29) is 34.3 Å². The van der Waals surface area contributed by atoms with Crippen LogP contribution in [0.15, 0.2) is 41.6 Å². The maximum atomic E-state index is 12.9. The molecule has 1 unspecified atom stereocenters. The third-order valence-electron chi connectivity index (χ3n) is 5.07. The third-order valence-corrected chi connectivity index (χ3v) is 6.90. The van der Waals surface area contributed by atoms with Crippen LogP contribution in [0.2, 0.25) is 0 Å². The highest BCUT2D eigenvalue weighted by atomic mass is 32.3. The molecule has 11 heteroatoms. The van der Waals surface area contributed by atoms with Crippen molar-refractivity contribution in [2.45, 2.75) is 18.6 Å². The van der Waals surface area contributed by atoms with Crippen LogP contribution in [0.25, 0.3) is 22.0 Å². The molecule has 1 atom stereocenters. The number of hydrogen-bond acceptors (Lipinski definition) is 6. The number of rotatable bonds is 3. The lowest BCUT2D eigenvalue weighted by molar-refractivity contribution is -0.137. The predicted octanol–water partition coefficient (Wildman–Crippen LogP) is 3.95. The van der Waals surface area contributed by atoms with Crippen LogP contribution in [0.1, 0.15) is 12.0 Å². The van der Waals surface area contributed by atoms with Crippen LogP contribution >= 0.6 is 10.6 Å². The molecule has 0 amide bonds. The number of aromatic nitrogens is 3. The molecule has 0 spiro atoms. The number of benzene rings is 1. The summed E-state index contributed by atoms with van der Waals surface area (Å²) in [6, 6.07) is 4.32. The van der Waals surface area contributed by atoms with Crippen molar-refractivity contribution in [2.24, 2.45) is 7.05 Å². The van der Waals surface area contributed by atoms with Gasteiger partial charge in [-0.3, -0.25) is 13.9 Å². The summed E-state index contributed by atoms with van der Waals surface area (Å²) in [5, 5.41) is 3.30. The standard InChI is InChI=1S/C19H19F3N4O3S/c1-26-10-24-16-14(11-2-4-12(5-3-11)19(20,21)22)8-23-17(15(16)18(26)27)25-13-6-7-30(28,29)9-13/h2-5,8,10,13,28-29H,6-7,9H2,1H3,(H,23,25). The number of hydrogen-bond donors (Lipinski definition) is 3. The molecule has 0 aliphatic carbocycles. The van der Waals surface area contributed by atoms with E-state index in [4.69, 9.17) is 0 Å². The molecule has 160 valence electrons. The molecule has 2 aromatic heterocycles. The molecule has 3 aromatic rings. The van der Waals surface area contributed by atoms with E-state index in [9.17, 15) is 27.1 Å². The lowest BCUT2D eigenvalue weighted by atomic mass is 10.0. The molecule has 1 aliphatic rings. The first-order valence-electron chi connectivity index (χ1n) is 9.07. The number of anilines is 1. The number of fused-ring (bicyclic) bond motifs is 1. The van der Waals surface area contributed by atoms with E-state index < -0.39 is 22.3 Å². The molecule has 0 radical (unpaired) electrons. The lowest BCUT2D eigenvalue weighted by Crippen LogP contribution is -2.24. The van der Waals surface area contributed by atoms with E-state index in [1.165, 1.54) is 36.3 Å². The monoisotopic (exact) mass is 440 g/mol. The Bertz CT molecular complexity index is 1160. The van der Waals surface area contributed by atoms with Gasteiger partial charge in [0, 0.05) is 30.6 Å². The topological polar surface area (TPSA) is 100 Å². The predicted molar refractivity (Wildman–Crippen MR) is 110 cm³/mol. The SMILES string of the molecule is Cn1cnc2c(-c3ccc(C(F)(F)F)cc3)cnc(NC3CCS(O)(O)C3)c2c1=O. The molecule has 1 saturated heterocycles. The Morgan fingerprint density at radius 1 is 1.20 bits per heavy atom. The van der Waals surface area contributed by atoms with Crippen LogP contribution in [0.3, 0.4) is 0 Å². The van der Waals surface area contributed by atoms with Crippen molar-refractivity contribution >= 4 is 27.3 Å². The minimum Gasteiger partial charge on any atom is -0.365 e. The summed E-state index contributed by atoms with van der Waals surface area (Å²) in [4.78, 5) is 21.5. The summed E-state index contributed by atoms with van der Waals surface area (Å²) >= 11 is 0. The molecule has 30 heavy (non-hydrogen) atoms. The van der Waals surface area contributed by atoms with E-state index in [0.29, 0.717) is 23.1 Å². The molecule has 1 aromatic carbocycles. The molecule has 1 fully saturated rings. The quantitative estimate of drug-likeness (QED) is 0.570. The fraction of sp³-hybridized carbons (Fsp3) is 0.316. The molecule has 0 bridgehead atoms. The fourth-order valence-corrected chi connectivity index (χ4v) is 5.22. The Hall–Kier alpha value is -2.63. The van der Waals surface area contributed by atoms with E-state index in [2.05, 4.69) is 15.3 Å². The van der Waals surface area contributed by atoms with Crippen LogP contribution in [0.5, 0.6) is 0 Å². The van der Waals surface area contributed by atoms with Gasteiger partial charge in [-0.15, -0.1) is 0 Å². The van der Waals surface area contributed by atoms with Crippen LogP contribution in [0.4, 0.5) is 19.0 Å². The smallest absolute Gasteiger partial charge is 0.365 e. The number of pyridine rings is 1. The Labute approximate surface area is 170 Å². The highest BCUT2D eigenvalue weighted by Crippen LogP contribution is 2.46. The van der Waals surface area contributed by atoms with Crippen molar-refractivity contribution in [1.29, 1.82) is 0 Å². The van der Waals surface area contributed by atoms with Crippen molar-refractivity contribution in [1.82, 2.24) is 14.5 Å². The number of halogens is 3. The van der Waals surface area contributed by atoms with Crippen LogP contribution < -0.4 is 10.9 Å². The normalized spacial score (nSPS) is 19.7. The molecule has 0 saturated carbocycles. The maximum absolute atomic E-state index is 12.9. The van der Waals surface area contributed by atoms with Crippen molar-refractivity contribution in [3.05, 3.63) is 52.7 Å². The van der Waals surface area contributed by atoms with E-state index >= 15 is 0 Å². The van der Waals surface area contributed by atoms with E-state index in [1.54, 1.807) is 0 Å². The molecule has 4 rings (SSSR count). The Morgan fingerprint density at radius 3 is 2.50 bits per heavy atom. The molecular weight excluding hydrogens is 421 g/mol. The van der Waals surface area contributed by atoms with Crippen LogP contribution in [-0.4, -0.2) is 41.2 Å². The first-order valence-corrected chi connectivity index (χ1v) is 11.0. The molecule has 7 nitrogen and oxygen atoms in total. The average Bonchev–Trinajstić information content (AvgIpc) is 3.02. The summed E-state index contributed by atoms with van der Waals surface area (Å²) in [6.45, 7) is 0. The van der Waals surface area contributed by atoms with Gasteiger partial charge in [0.05, 0.1) is 23.2 Å². The van der Waals surface area contributed by atoms with Crippen molar-refractivity contribution in [3.63, 3.8) is 0 Å². The number of aryl methyl sites for hydroxylation is 1. The second-order valence-electron chi connectivity index (χ2n) is 7.28. The average molecular weight is 440 g/mol. The maximum Gasteiger partial charge on any atom is 0.416 e. The van der Waals surface area contributed by atoms with Crippen molar-refractivity contribution < 1.29 is 22.3 Å². The molecule has 3 N–H and O–H groups in total. The van der Waals surface area contributed by atoms with Crippen molar-refractivity contribution in [2.75, 3.05) is 16.8 Å². The van der Waals surface area contributed by atoms with Gasteiger partial charge in [0.25, 0.3) is 5.56 Å². The molecule has 1 aliphatic heterocycles. The van der Waals surface area contributed by atoms with E-state index in [0.717, 1.165) is 12.1 Å². The third kappa shape index (κ3) is 3.87. The van der Waals surface area contributed by atoms with Gasteiger partial charge >= 0.3 is 6.18 Å². The number of nitrogens with zero attached hydrogens (tertiary/aromatic N) is 3. The van der Waals surface area contributed by atoms with Gasteiger partial charge < -0.3 is 9.88 Å². The molecule has 3 heterocycles. The first-order chi connectivity index (χ1) is 14.0. The summed E-state index contributed by atoms with van der Waals surface area (Å²) in [7, 11) is -1.10. The highest BCUT2D eigenvalue weighted by molar-refractivity contribution is 8.24. The van der Waals surface area contributed by atoms with Gasteiger partial charge in [-0.25, -0.2) is 9.97 Å². The first kappa shape index (κ1) is 20.6. The summed E-state index contributed by atoms with van der Waals surface area (Å²) in [6.07, 6.45) is -1.13. The van der Waals surface area contributed by atoms with Crippen LogP contribution in [-0.2, 0) is 13.2 Å². The highest BCUT2D eigenvalue weighted by Gasteiger charge is 2.31. The van der Waals surface area contributed by atoms with Gasteiger partial charge in [0.2, 0.25) is 0 Å². The number of alkyl halides is 3.